The number of ether oxygens (including phenoxy) is 1. The predicted molar refractivity (Wildman–Crippen MR) is 166 cm³/mol. The highest BCUT2D eigenvalue weighted by Crippen LogP contribution is 2.54. The van der Waals surface area contributed by atoms with Crippen molar-refractivity contribution in [3.8, 4) is 22.8 Å². The lowest BCUT2D eigenvalue weighted by molar-refractivity contribution is -0.659. The number of para-hydroxylation sites is 1. The van der Waals surface area contributed by atoms with Crippen LogP contribution in [-0.2, 0) is 19.9 Å². The molecule has 0 fully saturated rings. The van der Waals surface area contributed by atoms with E-state index in [1.807, 2.05) is 0 Å². The summed E-state index contributed by atoms with van der Waals surface area (Å²) in [5.41, 5.74) is 8.27. The van der Waals surface area contributed by atoms with E-state index in [9.17, 15) is 0 Å². The maximum atomic E-state index is 7.08. The Morgan fingerprint density at radius 2 is 1.52 bits per heavy atom. The Bertz CT molecular complexity index is 2010. The number of hydrogen-bond donors (Lipinski definition) is 0. The first kappa shape index (κ1) is 25.1. The van der Waals surface area contributed by atoms with Crippen molar-refractivity contribution >= 4 is 43.5 Å². The number of pyridine rings is 1. The van der Waals surface area contributed by atoms with Gasteiger partial charge in [-0.1, -0.05) is 77.9 Å². The third kappa shape index (κ3) is 3.82. The van der Waals surface area contributed by atoms with Crippen LogP contribution in [0.3, 0.4) is 0 Å². The lowest BCUT2D eigenvalue weighted by Crippen LogP contribution is -2.32. The van der Waals surface area contributed by atoms with Crippen LogP contribution in [0.1, 0.15) is 58.2 Å². The number of rotatable bonds is 2. The highest BCUT2D eigenvalue weighted by Gasteiger charge is 2.36. The summed E-state index contributed by atoms with van der Waals surface area (Å²) in [6.07, 6.45) is 4.12. The van der Waals surface area contributed by atoms with Crippen molar-refractivity contribution in [2.24, 2.45) is 17.9 Å². The SMILES string of the molecule is Cc1c2c(c(CC(C)(C)C)c3c1oc1ccccc13)Oc1cc3cc(CC(C)(C)C)ccc3c3cc[n+](C)c-2c13. The smallest absolute Gasteiger partial charge is 0.228 e. The zero-order valence-corrected chi connectivity index (χ0v) is 25.0. The van der Waals surface area contributed by atoms with Gasteiger partial charge >= 0.3 is 0 Å². The lowest BCUT2D eigenvalue weighted by Gasteiger charge is -2.27. The molecule has 6 aromatic rings. The number of fused-ring (bicyclic) bond motifs is 7. The van der Waals surface area contributed by atoms with E-state index in [4.69, 9.17) is 9.15 Å². The number of nitrogens with zero attached hydrogens (tertiary/aromatic N) is 1. The summed E-state index contributed by atoms with van der Waals surface area (Å²) in [6, 6.07) is 19.9. The van der Waals surface area contributed by atoms with Crippen LogP contribution < -0.4 is 9.30 Å². The average molecular weight is 529 g/mol. The molecule has 0 bridgehead atoms. The lowest BCUT2D eigenvalue weighted by atomic mass is 9.82. The molecule has 7 rings (SSSR count). The Balaban J connectivity index is 1.60. The number of hydrogen-bond acceptors (Lipinski definition) is 2. The topological polar surface area (TPSA) is 26.2 Å². The third-order valence-electron chi connectivity index (χ3n) is 8.27. The Labute approximate surface area is 236 Å². The number of furan rings is 1. The molecule has 0 spiro atoms. The molecule has 1 aliphatic rings. The van der Waals surface area contributed by atoms with E-state index in [1.54, 1.807) is 0 Å². The fourth-order valence-electron chi connectivity index (χ4n) is 6.78. The second-order valence-corrected chi connectivity index (χ2v) is 14.2. The van der Waals surface area contributed by atoms with Crippen molar-refractivity contribution in [3.05, 3.63) is 77.5 Å². The van der Waals surface area contributed by atoms with Gasteiger partial charge in [0.1, 0.15) is 29.7 Å². The van der Waals surface area contributed by atoms with Crippen LogP contribution in [0.4, 0.5) is 0 Å². The minimum absolute atomic E-state index is 0.0669. The molecule has 0 atom stereocenters. The molecule has 3 nitrogen and oxygen atoms in total. The number of benzene rings is 4. The molecular formula is C37H38NO2+. The van der Waals surface area contributed by atoms with Gasteiger partial charge in [-0.15, -0.1) is 0 Å². The average Bonchev–Trinajstić information content (AvgIpc) is 3.26. The van der Waals surface area contributed by atoms with Gasteiger partial charge in [0.2, 0.25) is 5.69 Å². The monoisotopic (exact) mass is 528 g/mol. The normalized spacial score (nSPS) is 13.4. The van der Waals surface area contributed by atoms with Crippen molar-refractivity contribution < 1.29 is 13.7 Å². The Kier molecular flexibility index (Phi) is 5.24. The Morgan fingerprint density at radius 3 is 2.27 bits per heavy atom. The summed E-state index contributed by atoms with van der Waals surface area (Å²) in [5.74, 6) is 1.92. The molecular weight excluding hydrogens is 490 g/mol. The zero-order chi connectivity index (χ0) is 28.1. The van der Waals surface area contributed by atoms with Crippen molar-refractivity contribution in [2.75, 3.05) is 0 Å². The van der Waals surface area contributed by atoms with E-state index in [2.05, 4.69) is 121 Å². The van der Waals surface area contributed by atoms with Crippen LogP contribution >= 0.6 is 0 Å². The summed E-state index contributed by atoms with van der Waals surface area (Å²) in [4.78, 5) is 0. The molecule has 0 saturated carbocycles. The zero-order valence-electron chi connectivity index (χ0n) is 25.0. The fraction of sp³-hybridized carbons (Fsp3) is 0.324. The van der Waals surface area contributed by atoms with Crippen LogP contribution in [0.25, 0.3) is 54.7 Å². The van der Waals surface area contributed by atoms with Crippen LogP contribution in [0, 0.1) is 17.8 Å². The second kappa shape index (κ2) is 8.33. The third-order valence-corrected chi connectivity index (χ3v) is 8.27. The molecule has 0 amide bonds. The highest BCUT2D eigenvalue weighted by atomic mass is 16.5. The van der Waals surface area contributed by atoms with Crippen molar-refractivity contribution in [1.82, 2.24) is 0 Å². The molecule has 4 aromatic carbocycles. The van der Waals surface area contributed by atoms with Gasteiger partial charge in [0.15, 0.2) is 6.20 Å². The molecule has 0 radical (unpaired) electrons. The van der Waals surface area contributed by atoms with E-state index >= 15 is 0 Å². The van der Waals surface area contributed by atoms with Gasteiger partial charge in [-0.2, -0.15) is 0 Å². The van der Waals surface area contributed by atoms with E-state index in [-0.39, 0.29) is 10.8 Å². The summed E-state index contributed by atoms with van der Waals surface area (Å²) >= 11 is 0. The first-order chi connectivity index (χ1) is 18.9. The standard InChI is InChI=1S/C37H38NO2/c1-21-30-33-32-25(15-16-38(33)8)24-14-13-22(19-36(2,3)4)17-23(24)18-29(32)40-35(30)27(20-37(5,6)7)31-26-11-9-10-12-28(26)39-34(21)31/h9-18H,19-20H2,1-8H3/q+1. The second-order valence-electron chi connectivity index (χ2n) is 14.2. The molecule has 0 aliphatic carbocycles. The van der Waals surface area contributed by atoms with Crippen LogP contribution in [0.2, 0.25) is 0 Å². The van der Waals surface area contributed by atoms with E-state index in [0.717, 1.165) is 52.0 Å². The molecule has 0 N–H and O–H groups in total. The van der Waals surface area contributed by atoms with Gasteiger partial charge in [-0.25, -0.2) is 4.57 Å². The molecule has 40 heavy (non-hydrogen) atoms. The maximum absolute atomic E-state index is 7.08. The highest BCUT2D eigenvalue weighted by molar-refractivity contribution is 6.17. The van der Waals surface area contributed by atoms with Gasteiger partial charge in [-0.3, -0.25) is 0 Å². The predicted octanol–water partition coefficient (Wildman–Crippen LogP) is 9.98. The van der Waals surface area contributed by atoms with Crippen LogP contribution in [0.15, 0.2) is 65.2 Å². The summed E-state index contributed by atoms with van der Waals surface area (Å²) in [5, 5.41) is 7.25. The molecule has 202 valence electrons. The molecule has 1 aliphatic heterocycles. The molecule has 0 unspecified atom stereocenters. The summed E-state index contributed by atoms with van der Waals surface area (Å²) < 4.78 is 15.9. The first-order valence-electron chi connectivity index (χ1n) is 14.4. The summed E-state index contributed by atoms with van der Waals surface area (Å²) in [7, 11) is 2.15. The first-order valence-corrected chi connectivity index (χ1v) is 14.4. The van der Waals surface area contributed by atoms with Crippen molar-refractivity contribution in [1.29, 1.82) is 0 Å². The molecule has 0 saturated heterocycles. The summed E-state index contributed by atoms with van der Waals surface area (Å²) in [6.45, 7) is 16.0. The van der Waals surface area contributed by atoms with Crippen molar-refractivity contribution in [3.63, 3.8) is 0 Å². The molecule has 3 heterocycles. The van der Waals surface area contributed by atoms with Gasteiger partial charge in [0, 0.05) is 33.4 Å². The van der Waals surface area contributed by atoms with Gasteiger partial charge in [0.05, 0.1) is 10.9 Å². The van der Waals surface area contributed by atoms with E-state index < -0.39 is 0 Å². The van der Waals surface area contributed by atoms with Gasteiger partial charge < -0.3 is 9.15 Å². The fourth-order valence-corrected chi connectivity index (χ4v) is 6.78. The van der Waals surface area contributed by atoms with Gasteiger partial charge in [-0.05, 0) is 59.1 Å². The van der Waals surface area contributed by atoms with E-state index in [1.165, 1.54) is 43.8 Å². The number of aromatic nitrogens is 1. The number of aryl methyl sites for hydroxylation is 2. The largest absolute Gasteiger partial charge is 0.456 e. The Hall–Kier alpha value is -3.85. The minimum Gasteiger partial charge on any atom is -0.456 e. The van der Waals surface area contributed by atoms with Crippen molar-refractivity contribution in [2.45, 2.75) is 61.3 Å². The maximum Gasteiger partial charge on any atom is 0.228 e. The minimum atomic E-state index is 0.0669. The van der Waals surface area contributed by atoms with Crippen LogP contribution in [0.5, 0.6) is 11.5 Å². The Morgan fingerprint density at radius 1 is 0.775 bits per heavy atom. The van der Waals surface area contributed by atoms with Gasteiger partial charge in [0.25, 0.3) is 0 Å². The van der Waals surface area contributed by atoms with Crippen LogP contribution in [-0.4, -0.2) is 0 Å². The van der Waals surface area contributed by atoms with E-state index in [0.29, 0.717) is 0 Å². The molecule has 2 aromatic heterocycles. The quantitative estimate of drug-likeness (QED) is 0.165. The molecule has 3 heteroatoms.